The third-order valence-corrected chi connectivity index (χ3v) is 9.25. The molecule has 0 saturated carbocycles. The highest BCUT2D eigenvalue weighted by Gasteiger charge is 2.47. The predicted octanol–water partition coefficient (Wildman–Crippen LogP) is 5.25. The van der Waals surface area contributed by atoms with Crippen molar-refractivity contribution >= 4 is 23.1 Å². The van der Waals surface area contributed by atoms with Crippen LogP contribution in [0.3, 0.4) is 0 Å². The fraction of sp³-hybridized carbons (Fsp3) is 0.429. The maximum Gasteiger partial charge on any atom is 0.410 e. The number of pyridine rings is 2. The zero-order valence-electron chi connectivity index (χ0n) is 27.4. The van der Waals surface area contributed by atoms with Crippen molar-refractivity contribution in [3.05, 3.63) is 71.9 Å². The molecule has 1 aromatic carbocycles. The number of hydrogen-bond donors (Lipinski definition) is 1. The number of carbonyl (C=O) groups is 1. The van der Waals surface area contributed by atoms with Crippen molar-refractivity contribution in [3.8, 4) is 22.9 Å². The number of nitriles is 1. The first kappa shape index (κ1) is 31.6. The molecule has 0 spiro atoms. The van der Waals surface area contributed by atoms with Crippen molar-refractivity contribution in [2.45, 2.75) is 57.1 Å². The molecule has 4 aliphatic heterocycles. The lowest BCUT2D eigenvalue weighted by Crippen LogP contribution is -2.68. The molecule has 4 aliphatic rings. The average Bonchev–Trinajstić information content (AvgIpc) is 3.47. The summed E-state index contributed by atoms with van der Waals surface area (Å²) in [6.07, 6.45) is 5.60. The molecule has 8 rings (SSSR count). The lowest BCUT2D eigenvalue weighted by atomic mass is 9.86. The largest absolute Gasteiger partial charge is 0.494 e. The number of ether oxygens (including phenoxy) is 2. The molecule has 1 amide bonds. The molecule has 13 heteroatoms. The highest BCUT2D eigenvalue weighted by atomic mass is 19.1. The van der Waals surface area contributed by atoms with Crippen LogP contribution in [0.5, 0.6) is 5.75 Å². The van der Waals surface area contributed by atoms with Gasteiger partial charge in [-0.3, -0.25) is 4.90 Å². The summed E-state index contributed by atoms with van der Waals surface area (Å²) in [6.45, 7) is 7.52. The van der Waals surface area contributed by atoms with E-state index in [0.29, 0.717) is 35.4 Å². The van der Waals surface area contributed by atoms with Crippen molar-refractivity contribution in [1.29, 1.82) is 5.26 Å². The van der Waals surface area contributed by atoms with Crippen LogP contribution in [0, 0.1) is 17.1 Å². The van der Waals surface area contributed by atoms with Crippen LogP contribution in [0.1, 0.15) is 38.3 Å². The number of fused-ring (bicyclic) bond motifs is 3. The third kappa shape index (κ3) is 6.08. The Balaban J connectivity index is 1.03. The number of carbonyl (C=O) groups excluding carboxylic acids is 1. The molecule has 7 heterocycles. The van der Waals surface area contributed by atoms with Crippen LogP contribution in [0.15, 0.2) is 55.0 Å². The molecule has 11 nitrogen and oxygen atoms in total. The molecule has 4 fully saturated rings. The van der Waals surface area contributed by atoms with Gasteiger partial charge < -0.3 is 24.6 Å². The van der Waals surface area contributed by atoms with Gasteiger partial charge in [0.1, 0.15) is 17.5 Å². The minimum atomic E-state index is -1.60. The molecule has 48 heavy (non-hydrogen) atoms. The van der Waals surface area contributed by atoms with Gasteiger partial charge in [0.15, 0.2) is 17.2 Å². The Morgan fingerprint density at radius 3 is 2.56 bits per heavy atom. The van der Waals surface area contributed by atoms with E-state index in [1.165, 1.54) is 18.2 Å². The third-order valence-electron chi connectivity index (χ3n) is 9.25. The van der Waals surface area contributed by atoms with E-state index < -0.39 is 17.4 Å². The summed E-state index contributed by atoms with van der Waals surface area (Å²) in [6, 6.07) is 13.9. The van der Waals surface area contributed by atoms with Crippen molar-refractivity contribution in [2.24, 2.45) is 0 Å². The second-order valence-corrected chi connectivity index (χ2v) is 13.9. The minimum Gasteiger partial charge on any atom is -0.494 e. The van der Waals surface area contributed by atoms with Gasteiger partial charge in [-0.1, -0.05) is 6.07 Å². The molecule has 2 bridgehead atoms. The number of amides is 1. The van der Waals surface area contributed by atoms with Crippen molar-refractivity contribution < 1.29 is 23.0 Å². The fourth-order valence-corrected chi connectivity index (χ4v) is 6.87. The van der Waals surface area contributed by atoms with E-state index >= 15 is 4.39 Å². The Labute approximate surface area is 277 Å². The summed E-state index contributed by atoms with van der Waals surface area (Å²) in [5.41, 5.74) is 1.89. The van der Waals surface area contributed by atoms with Crippen molar-refractivity contribution in [2.75, 3.05) is 50.1 Å². The van der Waals surface area contributed by atoms with E-state index in [1.807, 2.05) is 24.3 Å². The van der Waals surface area contributed by atoms with Crippen LogP contribution in [0.4, 0.5) is 25.1 Å². The monoisotopic (exact) mass is 656 g/mol. The maximum atomic E-state index is 15.4. The molecular formula is C35H38F2N8O3. The molecule has 4 aromatic rings. The van der Waals surface area contributed by atoms with Gasteiger partial charge in [0, 0.05) is 49.0 Å². The molecule has 1 N–H and O–H groups in total. The molecular weight excluding hydrogens is 618 g/mol. The maximum absolute atomic E-state index is 15.4. The van der Waals surface area contributed by atoms with Gasteiger partial charge in [-0.05, 0) is 63.1 Å². The minimum absolute atomic E-state index is 0.0114. The molecule has 2 unspecified atom stereocenters. The van der Waals surface area contributed by atoms with E-state index in [-0.39, 0.29) is 31.2 Å². The van der Waals surface area contributed by atoms with Gasteiger partial charge >= 0.3 is 6.09 Å². The number of nitrogens with one attached hydrogen (secondary N) is 1. The lowest BCUT2D eigenvalue weighted by Gasteiger charge is -2.56. The van der Waals surface area contributed by atoms with Gasteiger partial charge in [0.25, 0.3) is 0 Å². The molecule has 250 valence electrons. The zero-order valence-corrected chi connectivity index (χ0v) is 27.4. The lowest BCUT2D eigenvalue weighted by molar-refractivity contribution is -0.0445. The Bertz CT molecular complexity index is 1880. The number of hydrogen-bond acceptors (Lipinski definition) is 9. The second-order valence-electron chi connectivity index (χ2n) is 13.9. The molecule has 2 atom stereocenters. The summed E-state index contributed by atoms with van der Waals surface area (Å²) >= 11 is 0. The van der Waals surface area contributed by atoms with E-state index in [1.54, 1.807) is 49.8 Å². The number of aromatic nitrogens is 3. The summed E-state index contributed by atoms with van der Waals surface area (Å²) in [5, 5.41) is 17.3. The van der Waals surface area contributed by atoms with Crippen LogP contribution < -0.4 is 15.0 Å². The van der Waals surface area contributed by atoms with Crippen LogP contribution in [0.2, 0.25) is 0 Å². The smallest absolute Gasteiger partial charge is 0.410 e. The fourth-order valence-electron chi connectivity index (χ4n) is 6.87. The molecule has 0 aliphatic carbocycles. The predicted molar refractivity (Wildman–Crippen MR) is 176 cm³/mol. The highest BCUT2D eigenvalue weighted by molar-refractivity contribution is 5.86. The summed E-state index contributed by atoms with van der Waals surface area (Å²) in [7, 11) is 1.46. The van der Waals surface area contributed by atoms with E-state index in [4.69, 9.17) is 14.5 Å². The van der Waals surface area contributed by atoms with Gasteiger partial charge in [0.2, 0.25) is 0 Å². The van der Waals surface area contributed by atoms with E-state index in [0.717, 1.165) is 42.0 Å². The number of anilines is 2. The number of likely N-dealkylation sites (tertiary alicyclic amines) is 1. The summed E-state index contributed by atoms with van der Waals surface area (Å²) in [5.74, 6) is 0.764. The number of alkyl halides is 1. The van der Waals surface area contributed by atoms with E-state index in [2.05, 4.69) is 26.3 Å². The topological polar surface area (TPSA) is 111 Å². The first-order valence-electron chi connectivity index (χ1n) is 16.0. The van der Waals surface area contributed by atoms with Crippen LogP contribution >= 0.6 is 0 Å². The average molecular weight is 657 g/mol. The molecule has 0 radical (unpaired) electrons. The van der Waals surface area contributed by atoms with Crippen LogP contribution in [0.25, 0.3) is 16.6 Å². The SMILES string of the molecule is COc1ccc(CN2C3CC2CN(c2ccc(-c4cc(NCC5(F)CN(C(=O)OC(C)(C)C)C5)cn5ncc(C#N)c45)cn2)C3)cc1F. The summed E-state index contributed by atoms with van der Waals surface area (Å²) in [4.78, 5) is 23.2. The van der Waals surface area contributed by atoms with Crippen molar-refractivity contribution in [1.82, 2.24) is 24.4 Å². The Morgan fingerprint density at radius 1 is 1.15 bits per heavy atom. The Kier molecular flexibility index (Phi) is 7.86. The van der Waals surface area contributed by atoms with Crippen LogP contribution in [-0.4, -0.2) is 93.7 Å². The number of halogens is 2. The number of rotatable bonds is 8. The van der Waals surface area contributed by atoms with Gasteiger partial charge in [-0.2, -0.15) is 10.4 Å². The standard InChI is InChI=1S/C35H38F2N8O3/c1-34(2,3)48-33(46)43-20-35(37,21-43)19-40-25-10-28(32-24(12-38)14-41-45(32)16-25)23-6-8-31(39-13-23)42-17-26-11-27(18-42)44(26)15-22-5-7-30(47-4)29(36)9-22/h5-10,13-14,16,26-27,40H,11,15,17-21H2,1-4H3. The molecule has 4 saturated heterocycles. The van der Waals surface area contributed by atoms with Gasteiger partial charge in [-0.15, -0.1) is 0 Å². The number of benzene rings is 1. The van der Waals surface area contributed by atoms with E-state index in [9.17, 15) is 14.4 Å². The Hall–Kier alpha value is -4.96. The first-order valence-corrected chi connectivity index (χ1v) is 16.0. The van der Waals surface area contributed by atoms with Gasteiger partial charge in [-0.25, -0.2) is 23.1 Å². The zero-order chi connectivity index (χ0) is 33.8. The number of methoxy groups -OCH3 is 1. The summed E-state index contributed by atoms with van der Waals surface area (Å²) < 4.78 is 41.7. The normalized spacial score (nSPS) is 20.1. The van der Waals surface area contributed by atoms with Crippen LogP contribution in [-0.2, 0) is 11.3 Å². The second kappa shape index (κ2) is 11.9. The van der Waals surface area contributed by atoms with Gasteiger partial charge in [0.05, 0.1) is 55.9 Å². The van der Waals surface area contributed by atoms with Crippen molar-refractivity contribution in [3.63, 3.8) is 0 Å². The number of nitrogens with zero attached hydrogens (tertiary/aromatic N) is 7. The quantitative estimate of drug-likeness (QED) is 0.272. The molecule has 3 aromatic heterocycles. The Morgan fingerprint density at radius 2 is 1.92 bits per heavy atom. The first-order chi connectivity index (χ1) is 22.9. The highest BCUT2D eigenvalue weighted by Crippen LogP contribution is 2.37. The number of piperidine rings is 1. The number of piperazine rings is 1.